The molecule has 0 radical (unpaired) electrons. The summed E-state index contributed by atoms with van der Waals surface area (Å²) in [5.41, 5.74) is 0.0146. The van der Waals surface area contributed by atoms with Crippen molar-refractivity contribution >= 4 is 17.6 Å². The van der Waals surface area contributed by atoms with E-state index in [1.165, 1.54) is 41.8 Å². The molecule has 0 saturated heterocycles. The second-order valence-electron chi connectivity index (χ2n) is 8.68. The number of hydrogen-bond acceptors (Lipinski definition) is 3. The number of rotatable bonds is 7. The zero-order chi connectivity index (χ0) is 28.5. The van der Waals surface area contributed by atoms with Crippen LogP contribution in [0.4, 0.5) is 27.6 Å². The number of aryl methyl sites for hydroxylation is 1. The third-order valence-electron chi connectivity index (χ3n) is 5.80. The maximum atomic E-state index is 14.2. The molecular formula is C28H21F5N2O4. The number of nitrogens with one attached hydrogen (secondary N) is 1. The minimum absolute atomic E-state index is 0.0112. The van der Waals surface area contributed by atoms with E-state index in [0.29, 0.717) is 11.8 Å². The van der Waals surface area contributed by atoms with E-state index < -0.39 is 41.9 Å². The first-order valence-corrected chi connectivity index (χ1v) is 11.5. The number of aromatic carboxylic acids is 1. The number of halogens is 5. The lowest BCUT2D eigenvalue weighted by Crippen LogP contribution is -2.10. The molecule has 0 saturated carbocycles. The molecule has 0 aliphatic heterocycles. The van der Waals surface area contributed by atoms with Gasteiger partial charge in [-0.05, 0) is 67.6 Å². The minimum Gasteiger partial charge on any atom is -0.488 e. The van der Waals surface area contributed by atoms with Gasteiger partial charge in [-0.15, -0.1) is 0 Å². The lowest BCUT2D eigenvalue weighted by Gasteiger charge is -2.19. The van der Waals surface area contributed by atoms with E-state index in [4.69, 9.17) is 4.74 Å². The number of nitrogens with zero attached hydrogens (tertiary/aromatic N) is 1. The zero-order valence-electron chi connectivity index (χ0n) is 20.6. The lowest BCUT2D eigenvalue weighted by molar-refractivity contribution is -0.137. The molecule has 11 heteroatoms. The van der Waals surface area contributed by atoms with Gasteiger partial charge in [0, 0.05) is 41.2 Å². The summed E-state index contributed by atoms with van der Waals surface area (Å²) in [4.78, 5) is 23.4. The Morgan fingerprint density at radius 2 is 1.72 bits per heavy atom. The van der Waals surface area contributed by atoms with Crippen LogP contribution in [0, 0.1) is 18.6 Å². The molecule has 202 valence electrons. The van der Waals surface area contributed by atoms with E-state index in [1.807, 2.05) is 0 Å². The average molecular weight is 544 g/mol. The number of carbonyl (C=O) groups is 2. The van der Waals surface area contributed by atoms with Crippen LogP contribution in [0.3, 0.4) is 0 Å². The molecule has 1 heterocycles. The van der Waals surface area contributed by atoms with Crippen LogP contribution in [0.2, 0.25) is 0 Å². The van der Waals surface area contributed by atoms with Gasteiger partial charge in [-0.3, -0.25) is 4.79 Å². The molecule has 1 aromatic heterocycles. The number of amides is 1. The standard InChI is InChI=1S/C28H21F5N2O4/c1-15-3-7-25(35(15)22-10-18(27(37)38)9-21(13-22)34-16(2)36)23-11-19(28(31,32)33)5-8-26(23)39-14-17-4-6-20(29)12-24(17)30/h3-13H,14H2,1-2H3,(H,34,36)(H,37,38). The molecule has 0 atom stereocenters. The van der Waals surface area contributed by atoms with Gasteiger partial charge in [0.15, 0.2) is 0 Å². The average Bonchev–Trinajstić information content (AvgIpc) is 3.23. The first-order chi connectivity index (χ1) is 18.3. The van der Waals surface area contributed by atoms with Crippen molar-refractivity contribution in [3.8, 4) is 22.7 Å². The maximum absolute atomic E-state index is 14.2. The Labute approximate surface area is 219 Å². The summed E-state index contributed by atoms with van der Waals surface area (Å²) in [6.07, 6.45) is -4.69. The smallest absolute Gasteiger partial charge is 0.416 e. The van der Waals surface area contributed by atoms with Crippen LogP contribution in [-0.2, 0) is 17.6 Å². The molecule has 3 aromatic carbocycles. The summed E-state index contributed by atoms with van der Waals surface area (Å²) >= 11 is 0. The highest BCUT2D eigenvalue weighted by atomic mass is 19.4. The summed E-state index contributed by atoms with van der Waals surface area (Å²) in [6, 6.07) is 12.9. The van der Waals surface area contributed by atoms with Gasteiger partial charge in [-0.25, -0.2) is 13.6 Å². The van der Waals surface area contributed by atoms with Gasteiger partial charge in [0.05, 0.1) is 16.8 Å². The van der Waals surface area contributed by atoms with Gasteiger partial charge in [-0.1, -0.05) is 0 Å². The van der Waals surface area contributed by atoms with E-state index in [1.54, 1.807) is 13.0 Å². The molecule has 39 heavy (non-hydrogen) atoms. The Balaban J connectivity index is 1.87. The number of aromatic nitrogens is 1. The first kappa shape index (κ1) is 27.4. The third kappa shape index (κ3) is 6.08. The predicted octanol–water partition coefficient (Wildman–Crippen LogP) is 6.99. The highest BCUT2D eigenvalue weighted by Crippen LogP contribution is 2.39. The third-order valence-corrected chi connectivity index (χ3v) is 5.80. The fourth-order valence-corrected chi connectivity index (χ4v) is 4.06. The molecule has 4 rings (SSSR count). The van der Waals surface area contributed by atoms with Crippen molar-refractivity contribution in [1.29, 1.82) is 0 Å². The fraction of sp³-hybridized carbons (Fsp3) is 0.143. The highest BCUT2D eigenvalue weighted by Gasteiger charge is 2.32. The summed E-state index contributed by atoms with van der Waals surface area (Å²) < 4.78 is 75.7. The van der Waals surface area contributed by atoms with Crippen molar-refractivity contribution in [3.63, 3.8) is 0 Å². The van der Waals surface area contributed by atoms with E-state index in [9.17, 15) is 36.6 Å². The van der Waals surface area contributed by atoms with Crippen molar-refractivity contribution in [2.24, 2.45) is 0 Å². The first-order valence-electron chi connectivity index (χ1n) is 11.5. The Morgan fingerprint density at radius 1 is 0.974 bits per heavy atom. The van der Waals surface area contributed by atoms with Crippen molar-refractivity contribution < 1.29 is 41.4 Å². The van der Waals surface area contributed by atoms with Crippen molar-refractivity contribution in [1.82, 2.24) is 4.57 Å². The lowest BCUT2D eigenvalue weighted by atomic mass is 10.1. The molecule has 0 bridgehead atoms. The van der Waals surface area contributed by atoms with Gasteiger partial charge in [0.25, 0.3) is 0 Å². The van der Waals surface area contributed by atoms with Gasteiger partial charge >= 0.3 is 12.1 Å². The summed E-state index contributed by atoms with van der Waals surface area (Å²) in [6.45, 7) is 2.51. The van der Waals surface area contributed by atoms with Crippen LogP contribution in [0.1, 0.15) is 34.1 Å². The van der Waals surface area contributed by atoms with Crippen LogP contribution in [0.25, 0.3) is 16.9 Å². The molecule has 4 aromatic rings. The molecule has 0 unspecified atom stereocenters. The Kier molecular flexibility index (Phi) is 7.44. The molecular weight excluding hydrogens is 523 g/mol. The second kappa shape index (κ2) is 10.6. The van der Waals surface area contributed by atoms with Crippen LogP contribution in [-0.4, -0.2) is 21.6 Å². The van der Waals surface area contributed by atoms with Crippen molar-refractivity contribution in [2.75, 3.05) is 5.32 Å². The van der Waals surface area contributed by atoms with Crippen molar-refractivity contribution in [2.45, 2.75) is 26.6 Å². The zero-order valence-corrected chi connectivity index (χ0v) is 20.6. The largest absolute Gasteiger partial charge is 0.488 e. The Morgan fingerprint density at radius 3 is 2.36 bits per heavy atom. The summed E-state index contributed by atoms with van der Waals surface area (Å²) in [5.74, 6) is -3.42. The number of alkyl halides is 3. The summed E-state index contributed by atoms with van der Waals surface area (Å²) in [5, 5.41) is 12.1. The molecule has 0 aliphatic rings. The van der Waals surface area contributed by atoms with E-state index in [-0.39, 0.29) is 39.5 Å². The van der Waals surface area contributed by atoms with Crippen molar-refractivity contribution in [3.05, 3.63) is 101 Å². The van der Waals surface area contributed by atoms with Gasteiger partial charge in [0.1, 0.15) is 24.0 Å². The number of carboxylic acids is 1. The van der Waals surface area contributed by atoms with Gasteiger partial charge in [-0.2, -0.15) is 13.2 Å². The highest BCUT2D eigenvalue weighted by molar-refractivity contribution is 5.94. The fourth-order valence-electron chi connectivity index (χ4n) is 4.06. The van der Waals surface area contributed by atoms with Crippen LogP contribution >= 0.6 is 0 Å². The van der Waals surface area contributed by atoms with Gasteiger partial charge in [0.2, 0.25) is 5.91 Å². The molecule has 2 N–H and O–H groups in total. The van der Waals surface area contributed by atoms with Gasteiger partial charge < -0.3 is 19.7 Å². The second-order valence-corrected chi connectivity index (χ2v) is 8.68. The molecule has 0 spiro atoms. The monoisotopic (exact) mass is 544 g/mol. The quantitative estimate of drug-likeness (QED) is 0.246. The van der Waals surface area contributed by atoms with Crippen LogP contribution in [0.15, 0.2) is 66.7 Å². The molecule has 6 nitrogen and oxygen atoms in total. The van der Waals surface area contributed by atoms with E-state index >= 15 is 0 Å². The maximum Gasteiger partial charge on any atom is 0.416 e. The van der Waals surface area contributed by atoms with E-state index in [0.717, 1.165) is 24.3 Å². The number of anilines is 1. The number of benzene rings is 3. The summed E-state index contributed by atoms with van der Waals surface area (Å²) in [7, 11) is 0. The number of ether oxygens (including phenoxy) is 1. The molecule has 1 amide bonds. The molecule has 0 aliphatic carbocycles. The number of hydrogen-bond donors (Lipinski definition) is 2. The topological polar surface area (TPSA) is 80.6 Å². The minimum atomic E-state index is -4.69. The predicted molar refractivity (Wildman–Crippen MR) is 133 cm³/mol. The Bertz CT molecular complexity index is 1580. The normalized spacial score (nSPS) is 11.4. The Hall–Kier alpha value is -4.67. The van der Waals surface area contributed by atoms with E-state index in [2.05, 4.69) is 5.32 Å². The van der Waals surface area contributed by atoms with Crippen LogP contribution in [0.5, 0.6) is 5.75 Å². The van der Waals surface area contributed by atoms with Crippen LogP contribution < -0.4 is 10.1 Å². The molecule has 0 fully saturated rings. The SMILES string of the molecule is CC(=O)Nc1cc(C(=O)O)cc(-n2c(C)ccc2-c2cc(C(F)(F)F)ccc2OCc2ccc(F)cc2F)c1. The number of carbonyl (C=O) groups excluding carboxylic acids is 1. The number of carboxylic acid groups (broad SMARTS) is 1.